The Balaban J connectivity index is 2.79. The average molecular weight is 179 g/mol. The first-order chi connectivity index (χ1) is 6.20. The van der Waals surface area contributed by atoms with E-state index < -0.39 is 6.10 Å². The maximum atomic E-state index is 13.3. The summed E-state index contributed by atoms with van der Waals surface area (Å²) in [5.74, 6) is -0.297. The Labute approximate surface area is 75.0 Å². The minimum Gasteiger partial charge on any atom is -0.389 e. The number of H-pyrrole nitrogens is 1. The van der Waals surface area contributed by atoms with Gasteiger partial charge in [-0.25, -0.2) is 4.39 Å². The summed E-state index contributed by atoms with van der Waals surface area (Å²) in [6.07, 6.45) is 0.990. The molecule has 1 aromatic carbocycles. The molecule has 0 saturated carbocycles. The molecule has 0 amide bonds. The number of hydrogen-bond acceptors (Lipinski definition) is 1. The number of rotatable bonds is 1. The minimum absolute atomic E-state index is 0.297. The zero-order valence-corrected chi connectivity index (χ0v) is 7.21. The van der Waals surface area contributed by atoms with Crippen molar-refractivity contribution in [3.8, 4) is 0 Å². The summed E-state index contributed by atoms with van der Waals surface area (Å²) in [5.41, 5.74) is 1.32. The van der Waals surface area contributed by atoms with Gasteiger partial charge in [0.1, 0.15) is 5.82 Å². The van der Waals surface area contributed by atoms with Crippen molar-refractivity contribution in [2.45, 2.75) is 13.0 Å². The van der Waals surface area contributed by atoms with Gasteiger partial charge in [0.05, 0.1) is 6.10 Å². The fourth-order valence-corrected chi connectivity index (χ4v) is 1.49. The van der Waals surface area contributed by atoms with Crippen LogP contribution in [0.3, 0.4) is 0 Å². The molecule has 13 heavy (non-hydrogen) atoms. The lowest BCUT2D eigenvalue weighted by atomic mass is 10.1. The Hall–Kier alpha value is -1.35. The van der Waals surface area contributed by atoms with Crippen LogP contribution in [0.4, 0.5) is 4.39 Å². The van der Waals surface area contributed by atoms with Gasteiger partial charge in [0.15, 0.2) is 0 Å². The van der Waals surface area contributed by atoms with Crippen molar-refractivity contribution in [1.29, 1.82) is 0 Å². The molecular formula is C10H10FNO. The first-order valence-corrected chi connectivity index (χ1v) is 4.13. The zero-order chi connectivity index (χ0) is 9.42. The molecule has 0 saturated heterocycles. The molecule has 2 aromatic rings. The molecule has 0 unspecified atom stereocenters. The molecule has 0 fully saturated rings. The number of aromatic nitrogens is 1. The Bertz CT molecular complexity index is 433. The predicted molar refractivity (Wildman–Crippen MR) is 48.9 cm³/mol. The van der Waals surface area contributed by atoms with Gasteiger partial charge in [-0.3, -0.25) is 0 Å². The third-order valence-corrected chi connectivity index (χ3v) is 2.14. The molecule has 2 rings (SSSR count). The fraction of sp³-hybridized carbons (Fsp3) is 0.200. The lowest BCUT2D eigenvalue weighted by Crippen LogP contribution is -1.89. The average Bonchev–Trinajstić information content (AvgIpc) is 2.49. The monoisotopic (exact) mass is 179 g/mol. The van der Waals surface area contributed by atoms with Crippen LogP contribution in [0.2, 0.25) is 0 Å². The van der Waals surface area contributed by atoms with Gasteiger partial charge >= 0.3 is 0 Å². The van der Waals surface area contributed by atoms with E-state index in [-0.39, 0.29) is 5.82 Å². The number of fused-ring (bicyclic) bond motifs is 1. The van der Waals surface area contributed by atoms with Crippen molar-refractivity contribution in [2.75, 3.05) is 0 Å². The normalized spacial score (nSPS) is 13.5. The van der Waals surface area contributed by atoms with Crippen LogP contribution in [-0.4, -0.2) is 10.1 Å². The van der Waals surface area contributed by atoms with Crippen molar-refractivity contribution < 1.29 is 9.50 Å². The Morgan fingerprint density at radius 2 is 2.23 bits per heavy atom. The molecule has 0 bridgehead atoms. The van der Waals surface area contributed by atoms with E-state index in [4.69, 9.17) is 0 Å². The van der Waals surface area contributed by atoms with E-state index in [2.05, 4.69) is 4.98 Å². The van der Waals surface area contributed by atoms with E-state index >= 15 is 0 Å². The highest BCUT2D eigenvalue weighted by Gasteiger charge is 2.11. The second-order valence-electron chi connectivity index (χ2n) is 3.08. The maximum Gasteiger partial charge on any atom is 0.132 e. The fourth-order valence-electron chi connectivity index (χ4n) is 1.49. The zero-order valence-electron chi connectivity index (χ0n) is 7.21. The first kappa shape index (κ1) is 8.26. The summed E-state index contributed by atoms with van der Waals surface area (Å²) in [6.45, 7) is 1.62. The van der Waals surface area contributed by atoms with Gasteiger partial charge in [0.25, 0.3) is 0 Å². The van der Waals surface area contributed by atoms with E-state index in [1.165, 1.54) is 6.07 Å². The van der Waals surface area contributed by atoms with Crippen LogP contribution in [0.1, 0.15) is 18.6 Å². The highest BCUT2D eigenvalue weighted by molar-refractivity contribution is 5.84. The summed E-state index contributed by atoms with van der Waals surface area (Å²) < 4.78 is 13.3. The van der Waals surface area contributed by atoms with Crippen LogP contribution in [-0.2, 0) is 0 Å². The Morgan fingerprint density at radius 1 is 1.46 bits per heavy atom. The van der Waals surface area contributed by atoms with Crippen LogP contribution >= 0.6 is 0 Å². The molecule has 1 aromatic heterocycles. The van der Waals surface area contributed by atoms with Crippen molar-refractivity contribution >= 4 is 10.9 Å². The van der Waals surface area contributed by atoms with Crippen molar-refractivity contribution in [1.82, 2.24) is 4.98 Å². The second kappa shape index (κ2) is 2.85. The SMILES string of the molecule is C[C@H](O)c1c[nH]c2cccc(F)c12. The van der Waals surface area contributed by atoms with Crippen LogP contribution < -0.4 is 0 Å². The van der Waals surface area contributed by atoms with E-state index in [0.717, 1.165) is 5.52 Å². The van der Waals surface area contributed by atoms with Gasteiger partial charge in [0.2, 0.25) is 0 Å². The summed E-state index contributed by atoms with van der Waals surface area (Å²) in [6, 6.07) is 4.81. The molecule has 3 heteroatoms. The molecule has 0 radical (unpaired) electrons. The van der Waals surface area contributed by atoms with E-state index in [9.17, 15) is 9.50 Å². The third kappa shape index (κ3) is 1.21. The number of benzene rings is 1. The third-order valence-electron chi connectivity index (χ3n) is 2.14. The van der Waals surface area contributed by atoms with Crippen LogP contribution in [0.15, 0.2) is 24.4 Å². The molecule has 2 nitrogen and oxygen atoms in total. The standard InChI is InChI=1S/C10H10FNO/c1-6(13)7-5-12-9-4-2-3-8(11)10(7)9/h2-6,12-13H,1H3/t6-/m0/s1. The van der Waals surface area contributed by atoms with Gasteiger partial charge in [-0.2, -0.15) is 0 Å². The Morgan fingerprint density at radius 3 is 2.92 bits per heavy atom. The molecule has 2 N–H and O–H groups in total. The number of aliphatic hydroxyl groups is 1. The highest BCUT2D eigenvalue weighted by atomic mass is 19.1. The summed E-state index contributed by atoms with van der Waals surface area (Å²) in [7, 11) is 0. The largest absolute Gasteiger partial charge is 0.389 e. The van der Waals surface area contributed by atoms with Crippen molar-refractivity contribution in [3.05, 3.63) is 35.8 Å². The van der Waals surface area contributed by atoms with Crippen molar-refractivity contribution in [2.24, 2.45) is 0 Å². The van der Waals surface area contributed by atoms with Crippen LogP contribution in [0.25, 0.3) is 10.9 Å². The second-order valence-corrected chi connectivity index (χ2v) is 3.08. The predicted octanol–water partition coefficient (Wildman–Crippen LogP) is 2.36. The first-order valence-electron chi connectivity index (χ1n) is 4.13. The van der Waals surface area contributed by atoms with Crippen LogP contribution in [0, 0.1) is 5.82 Å². The molecule has 1 heterocycles. The Kier molecular flexibility index (Phi) is 1.81. The smallest absolute Gasteiger partial charge is 0.132 e. The topological polar surface area (TPSA) is 36.0 Å². The van der Waals surface area contributed by atoms with Gasteiger partial charge in [-0.1, -0.05) is 6.07 Å². The quantitative estimate of drug-likeness (QED) is 0.692. The van der Waals surface area contributed by atoms with E-state index in [1.807, 2.05) is 0 Å². The summed E-state index contributed by atoms with van der Waals surface area (Å²) in [5, 5.41) is 9.83. The molecule has 68 valence electrons. The van der Waals surface area contributed by atoms with Crippen LogP contribution in [0.5, 0.6) is 0 Å². The molecule has 0 spiro atoms. The van der Waals surface area contributed by atoms with Gasteiger partial charge < -0.3 is 10.1 Å². The number of aliphatic hydroxyl groups excluding tert-OH is 1. The number of nitrogens with one attached hydrogen (secondary N) is 1. The molecular weight excluding hydrogens is 169 g/mol. The number of halogens is 1. The lowest BCUT2D eigenvalue weighted by Gasteiger charge is -2.01. The van der Waals surface area contributed by atoms with Gasteiger partial charge in [0, 0.05) is 22.7 Å². The van der Waals surface area contributed by atoms with Gasteiger partial charge in [-0.05, 0) is 19.1 Å². The molecule has 0 aliphatic rings. The molecule has 0 aliphatic heterocycles. The lowest BCUT2D eigenvalue weighted by molar-refractivity contribution is 0.200. The van der Waals surface area contributed by atoms with Crippen molar-refractivity contribution in [3.63, 3.8) is 0 Å². The highest BCUT2D eigenvalue weighted by Crippen LogP contribution is 2.25. The van der Waals surface area contributed by atoms with E-state index in [1.54, 1.807) is 25.3 Å². The maximum absolute atomic E-state index is 13.3. The number of aromatic amines is 1. The van der Waals surface area contributed by atoms with Gasteiger partial charge in [-0.15, -0.1) is 0 Å². The number of hydrogen-bond donors (Lipinski definition) is 2. The summed E-state index contributed by atoms with van der Waals surface area (Å²) >= 11 is 0. The minimum atomic E-state index is -0.648. The summed E-state index contributed by atoms with van der Waals surface area (Å²) in [4.78, 5) is 2.91. The molecule has 1 atom stereocenters. The molecule has 0 aliphatic carbocycles. The van der Waals surface area contributed by atoms with E-state index in [0.29, 0.717) is 10.9 Å².